The Morgan fingerprint density at radius 2 is 2.38 bits per heavy atom. The molecular weight excluding hydrogens is 166 g/mol. The first-order chi connectivity index (χ1) is 6.25. The SMILES string of the molecule is Nc1ccc(C2CNC(=O)C2)cn1. The van der Waals surface area contributed by atoms with Crippen molar-refractivity contribution < 1.29 is 4.79 Å². The summed E-state index contributed by atoms with van der Waals surface area (Å²) in [5.41, 5.74) is 6.54. The summed E-state index contributed by atoms with van der Waals surface area (Å²) in [6.45, 7) is 0.713. The first-order valence-electron chi connectivity index (χ1n) is 4.24. The molecule has 1 amide bonds. The lowest BCUT2D eigenvalue weighted by Gasteiger charge is -2.06. The average molecular weight is 177 g/mol. The lowest BCUT2D eigenvalue weighted by atomic mass is 10.0. The van der Waals surface area contributed by atoms with Crippen LogP contribution in [0.15, 0.2) is 18.3 Å². The molecule has 0 spiro atoms. The lowest BCUT2D eigenvalue weighted by molar-refractivity contribution is -0.119. The topological polar surface area (TPSA) is 68.0 Å². The Balaban J connectivity index is 2.17. The van der Waals surface area contributed by atoms with Crippen molar-refractivity contribution in [3.63, 3.8) is 0 Å². The minimum Gasteiger partial charge on any atom is -0.384 e. The molecule has 1 atom stereocenters. The van der Waals surface area contributed by atoms with Gasteiger partial charge >= 0.3 is 0 Å². The van der Waals surface area contributed by atoms with Crippen molar-refractivity contribution in [2.75, 3.05) is 12.3 Å². The van der Waals surface area contributed by atoms with Crippen molar-refractivity contribution in [1.29, 1.82) is 0 Å². The molecule has 13 heavy (non-hydrogen) atoms. The maximum absolute atomic E-state index is 10.9. The van der Waals surface area contributed by atoms with Crippen molar-refractivity contribution in [2.24, 2.45) is 0 Å². The number of carbonyl (C=O) groups excluding carboxylic acids is 1. The number of nitrogen functional groups attached to an aromatic ring is 1. The van der Waals surface area contributed by atoms with E-state index >= 15 is 0 Å². The largest absolute Gasteiger partial charge is 0.384 e. The van der Waals surface area contributed by atoms with E-state index in [0.717, 1.165) is 5.56 Å². The Kier molecular flexibility index (Phi) is 1.88. The van der Waals surface area contributed by atoms with Gasteiger partial charge in [0.05, 0.1) is 0 Å². The molecule has 0 saturated carbocycles. The van der Waals surface area contributed by atoms with Gasteiger partial charge in [-0.3, -0.25) is 4.79 Å². The normalized spacial score (nSPS) is 21.5. The van der Waals surface area contributed by atoms with E-state index in [0.29, 0.717) is 18.8 Å². The molecule has 0 radical (unpaired) electrons. The summed E-state index contributed by atoms with van der Waals surface area (Å²) >= 11 is 0. The smallest absolute Gasteiger partial charge is 0.220 e. The summed E-state index contributed by atoms with van der Waals surface area (Å²) in [5.74, 6) is 0.892. The van der Waals surface area contributed by atoms with Crippen LogP contribution in [0.4, 0.5) is 5.82 Å². The quantitative estimate of drug-likeness (QED) is 0.646. The van der Waals surface area contributed by atoms with E-state index in [-0.39, 0.29) is 11.8 Å². The zero-order valence-corrected chi connectivity index (χ0v) is 7.16. The summed E-state index contributed by atoms with van der Waals surface area (Å²) in [6.07, 6.45) is 2.30. The second-order valence-corrected chi connectivity index (χ2v) is 3.22. The molecule has 1 saturated heterocycles. The number of pyridine rings is 1. The second kappa shape index (κ2) is 3.05. The van der Waals surface area contributed by atoms with Crippen LogP contribution in [-0.2, 0) is 4.79 Å². The number of rotatable bonds is 1. The summed E-state index contributed by atoms with van der Waals surface area (Å²) < 4.78 is 0. The van der Waals surface area contributed by atoms with Crippen molar-refractivity contribution in [3.8, 4) is 0 Å². The zero-order chi connectivity index (χ0) is 9.26. The van der Waals surface area contributed by atoms with Crippen molar-refractivity contribution >= 4 is 11.7 Å². The van der Waals surface area contributed by atoms with Crippen LogP contribution >= 0.6 is 0 Å². The van der Waals surface area contributed by atoms with Gasteiger partial charge in [0, 0.05) is 25.1 Å². The Hall–Kier alpha value is -1.58. The fourth-order valence-corrected chi connectivity index (χ4v) is 1.50. The molecule has 1 aliphatic rings. The van der Waals surface area contributed by atoms with Gasteiger partial charge in [-0.25, -0.2) is 4.98 Å². The number of hydrogen-bond acceptors (Lipinski definition) is 3. The maximum Gasteiger partial charge on any atom is 0.220 e. The molecule has 0 aromatic carbocycles. The highest BCUT2D eigenvalue weighted by Crippen LogP contribution is 2.22. The monoisotopic (exact) mass is 177 g/mol. The van der Waals surface area contributed by atoms with E-state index in [1.807, 2.05) is 6.07 Å². The molecule has 2 rings (SSSR count). The Labute approximate surface area is 76.2 Å². The highest BCUT2D eigenvalue weighted by atomic mass is 16.1. The molecule has 1 unspecified atom stereocenters. The van der Waals surface area contributed by atoms with Gasteiger partial charge in [0.25, 0.3) is 0 Å². The Morgan fingerprint density at radius 1 is 1.54 bits per heavy atom. The van der Waals surface area contributed by atoms with Gasteiger partial charge in [0.2, 0.25) is 5.91 Å². The van der Waals surface area contributed by atoms with E-state index in [9.17, 15) is 4.79 Å². The van der Waals surface area contributed by atoms with E-state index in [4.69, 9.17) is 5.73 Å². The van der Waals surface area contributed by atoms with Crippen molar-refractivity contribution in [3.05, 3.63) is 23.9 Å². The highest BCUT2D eigenvalue weighted by molar-refractivity contribution is 5.79. The molecule has 4 nitrogen and oxygen atoms in total. The minimum absolute atomic E-state index is 0.113. The molecule has 1 aliphatic heterocycles. The predicted molar refractivity (Wildman–Crippen MR) is 49.0 cm³/mol. The maximum atomic E-state index is 10.9. The molecule has 3 N–H and O–H groups in total. The number of anilines is 1. The van der Waals surface area contributed by atoms with E-state index in [2.05, 4.69) is 10.3 Å². The van der Waals surface area contributed by atoms with Gasteiger partial charge < -0.3 is 11.1 Å². The summed E-state index contributed by atoms with van der Waals surface area (Å²) in [7, 11) is 0. The first kappa shape index (κ1) is 8.04. The molecule has 1 fully saturated rings. The fraction of sp³-hybridized carbons (Fsp3) is 0.333. The Bertz CT molecular complexity index is 320. The molecule has 0 aliphatic carbocycles. The van der Waals surface area contributed by atoms with Gasteiger partial charge in [-0.05, 0) is 11.6 Å². The lowest BCUT2D eigenvalue weighted by Crippen LogP contribution is -2.13. The number of nitrogens with one attached hydrogen (secondary N) is 1. The molecule has 4 heteroatoms. The first-order valence-corrected chi connectivity index (χ1v) is 4.24. The fourth-order valence-electron chi connectivity index (χ4n) is 1.50. The average Bonchev–Trinajstić information content (AvgIpc) is 2.53. The van der Waals surface area contributed by atoms with Gasteiger partial charge in [0.15, 0.2) is 0 Å². The van der Waals surface area contributed by atoms with Crippen LogP contribution in [0.3, 0.4) is 0 Å². The van der Waals surface area contributed by atoms with Gasteiger partial charge in [0.1, 0.15) is 5.82 Å². The predicted octanol–water partition coefficient (Wildman–Crippen LogP) is 0.267. The van der Waals surface area contributed by atoms with Crippen LogP contribution in [-0.4, -0.2) is 17.4 Å². The number of nitrogens with two attached hydrogens (primary N) is 1. The van der Waals surface area contributed by atoms with Crippen LogP contribution in [0.5, 0.6) is 0 Å². The summed E-state index contributed by atoms with van der Waals surface area (Å²) in [4.78, 5) is 14.9. The molecular formula is C9H11N3O. The third kappa shape index (κ3) is 1.61. The van der Waals surface area contributed by atoms with Crippen LogP contribution in [0.2, 0.25) is 0 Å². The van der Waals surface area contributed by atoms with Crippen LogP contribution in [0, 0.1) is 0 Å². The van der Waals surface area contributed by atoms with E-state index in [1.165, 1.54) is 0 Å². The number of hydrogen-bond donors (Lipinski definition) is 2. The standard InChI is InChI=1S/C9H11N3O/c10-8-2-1-6(4-11-8)7-3-9(13)12-5-7/h1-2,4,7H,3,5H2,(H2,10,11)(H,12,13). The van der Waals surface area contributed by atoms with Crippen molar-refractivity contribution in [2.45, 2.75) is 12.3 Å². The van der Waals surface area contributed by atoms with E-state index < -0.39 is 0 Å². The molecule has 68 valence electrons. The third-order valence-corrected chi connectivity index (χ3v) is 2.26. The highest BCUT2D eigenvalue weighted by Gasteiger charge is 2.22. The summed E-state index contributed by atoms with van der Waals surface area (Å²) in [5, 5.41) is 2.78. The zero-order valence-electron chi connectivity index (χ0n) is 7.16. The Morgan fingerprint density at radius 3 is 2.92 bits per heavy atom. The van der Waals surface area contributed by atoms with Gasteiger partial charge in [-0.15, -0.1) is 0 Å². The molecule has 1 aromatic heterocycles. The number of aromatic nitrogens is 1. The van der Waals surface area contributed by atoms with Gasteiger partial charge in [-0.1, -0.05) is 6.07 Å². The molecule has 1 aromatic rings. The number of nitrogens with zero attached hydrogens (tertiary/aromatic N) is 1. The second-order valence-electron chi connectivity index (χ2n) is 3.22. The van der Waals surface area contributed by atoms with Crippen LogP contribution in [0.25, 0.3) is 0 Å². The molecule has 0 bridgehead atoms. The third-order valence-electron chi connectivity index (χ3n) is 2.26. The van der Waals surface area contributed by atoms with Crippen LogP contribution in [0.1, 0.15) is 17.9 Å². The minimum atomic E-state index is 0.113. The number of carbonyl (C=O) groups is 1. The van der Waals surface area contributed by atoms with Crippen LogP contribution < -0.4 is 11.1 Å². The number of amides is 1. The van der Waals surface area contributed by atoms with Crippen molar-refractivity contribution in [1.82, 2.24) is 10.3 Å². The van der Waals surface area contributed by atoms with Gasteiger partial charge in [-0.2, -0.15) is 0 Å². The molecule has 2 heterocycles. The summed E-state index contributed by atoms with van der Waals surface area (Å²) in [6, 6.07) is 3.69. The van der Waals surface area contributed by atoms with E-state index in [1.54, 1.807) is 12.3 Å².